The highest BCUT2D eigenvalue weighted by atomic mass is 16.5. The number of carbonyl (C=O) groups excluding carboxylic acids is 1. The summed E-state index contributed by atoms with van der Waals surface area (Å²) >= 11 is 0. The molecule has 1 atom stereocenters. The van der Waals surface area contributed by atoms with Crippen molar-refractivity contribution in [2.75, 3.05) is 13.2 Å². The van der Waals surface area contributed by atoms with Crippen LogP contribution >= 0.6 is 0 Å². The average Bonchev–Trinajstić information content (AvgIpc) is 2.77. The molecule has 5 nitrogen and oxygen atoms in total. The van der Waals surface area contributed by atoms with Crippen LogP contribution in [0.3, 0.4) is 0 Å². The van der Waals surface area contributed by atoms with Crippen molar-refractivity contribution < 1.29 is 24.1 Å². The standard InChI is InChI=1S/C26H32O5/c1-17(2)15-29-20-10-8-19(9-11-20)24-14-23(28)26-22(27)12-21(13-25(26)31-24)30-16-18-6-4-3-5-7-18/h8-13,17-18,24,27H,3-7,14-16H2,1-2H3. The van der Waals surface area contributed by atoms with Crippen molar-refractivity contribution in [3.8, 4) is 23.0 Å². The second kappa shape index (κ2) is 9.63. The summed E-state index contributed by atoms with van der Waals surface area (Å²) in [4.78, 5) is 12.7. The largest absolute Gasteiger partial charge is 0.507 e. The maximum atomic E-state index is 12.7. The molecule has 0 amide bonds. The molecule has 5 heteroatoms. The lowest BCUT2D eigenvalue weighted by Gasteiger charge is -2.27. The molecule has 2 aliphatic rings. The van der Waals surface area contributed by atoms with Gasteiger partial charge in [-0.1, -0.05) is 45.2 Å². The Morgan fingerprint density at radius 3 is 2.48 bits per heavy atom. The van der Waals surface area contributed by atoms with E-state index in [4.69, 9.17) is 14.2 Å². The zero-order chi connectivity index (χ0) is 21.8. The van der Waals surface area contributed by atoms with E-state index < -0.39 is 6.10 Å². The first-order chi connectivity index (χ1) is 15.0. The van der Waals surface area contributed by atoms with Gasteiger partial charge in [-0.25, -0.2) is 0 Å². The third kappa shape index (κ3) is 5.33. The van der Waals surface area contributed by atoms with Gasteiger partial charge in [0.15, 0.2) is 5.78 Å². The lowest BCUT2D eigenvalue weighted by Crippen LogP contribution is -2.21. The number of phenols is 1. The molecular formula is C26H32O5. The summed E-state index contributed by atoms with van der Waals surface area (Å²) in [6.45, 7) is 5.51. The minimum absolute atomic E-state index is 0.0722. The zero-order valence-corrected chi connectivity index (χ0v) is 18.4. The van der Waals surface area contributed by atoms with Crippen LogP contribution in [-0.4, -0.2) is 24.1 Å². The minimum Gasteiger partial charge on any atom is -0.507 e. The van der Waals surface area contributed by atoms with Crippen molar-refractivity contribution in [3.63, 3.8) is 0 Å². The number of ether oxygens (including phenoxy) is 3. The fourth-order valence-corrected chi connectivity index (χ4v) is 4.29. The molecule has 166 valence electrons. The highest BCUT2D eigenvalue weighted by Gasteiger charge is 2.31. The van der Waals surface area contributed by atoms with Crippen molar-refractivity contribution in [1.29, 1.82) is 0 Å². The van der Waals surface area contributed by atoms with Gasteiger partial charge in [0.1, 0.15) is 34.7 Å². The second-order valence-corrected chi connectivity index (χ2v) is 9.14. The monoisotopic (exact) mass is 424 g/mol. The number of aromatic hydroxyl groups is 1. The van der Waals surface area contributed by atoms with Crippen LogP contribution in [0.4, 0.5) is 0 Å². The first-order valence-corrected chi connectivity index (χ1v) is 11.4. The van der Waals surface area contributed by atoms with Crippen LogP contribution in [0.1, 0.15) is 74.4 Å². The molecule has 0 radical (unpaired) electrons. The number of ketones is 1. The van der Waals surface area contributed by atoms with Crippen LogP contribution in [0.2, 0.25) is 0 Å². The number of carbonyl (C=O) groups is 1. The molecule has 4 rings (SSSR count). The van der Waals surface area contributed by atoms with Crippen molar-refractivity contribution in [2.24, 2.45) is 11.8 Å². The predicted molar refractivity (Wildman–Crippen MR) is 119 cm³/mol. The van der Waals surface area contributed by atoms with E-state index >= 15 is 0 Å². The number of fused-ring (bicyclic) bond motifs is 1. The lowest BCUT2D eigenvalue weighted by molar-refractivity contribution is 0.0844. The number of Topliss-reactive ketones (excluding diaryl/α,β-unsaturated/α-hetero) is 1. The SMILES string of the molecule is CC(C)COc1ccc(C2CC(=O)c3c(O)cc(OCC4CCCCC4)cc3O2)cc1. The van der Waals surface area contributed by atoms with E-state index in [1.165, 1.54) is 38.2 Å². The molecule has 0 bridgehead atoms. The van der Waals surface area contributed by atoms with Crippen LogP contribution in [0.15, 0.2) is 36.4 Å². The van der Waals surface area contributed by atoms with Crippen LogP contribution in [0.5, 0.6) is 23.0 Å². The Bertz CT molecular complexity index is 897. The maximum absolute atomic E-state index is 12.7. The summed E-state index contributed by atoms with van der Waals surface area (Å²) in [6, 6.07) is 10.9. The zero-order valence-electron chi connectivity index (χ0n) is 18.4. The number of hydrogen-bond donors (Lipinski definition) is 1. The molecule has 1 N–H and O–H groups in total. The van der Waals surface area contributed by atoms with Crippen LogP contribution in [-0.2, 0) is 0 Å². The Morgan fingerprint density at radius 2 is 1.77 bits per heavy atom. The second-order valence-electron chi connectivity index (χ2n) is 9.14. The van der Waals surface area contributed by atoms with Gasteiger partial charge >= 0.3 is 0 Å². The molecular weight excluding hydrogens is 392 g/mol. The van der Waals surface area contributed by atoms with E-state index in [0.29, 0.717) is 36.5 Å². The summed E-state index contributed by atoms with van der Waals surface area (Å²) in [5.74, 6) is 2.56. The summed E-state index contributed by atoms with van der Waals surface area (Å²) in [5.41, 5.74) is 1.15. The Labute approximate surface area is 184 Å². The summed E-state index contributed by atoms with van der Waals surface area (Å²) in [7, 11) is 0. The van der Waals surface area contributed by atoms with Gasteiger partial charge in [-0.05, 0) is 42.4 Å². The van der Waals surface area contributed by atoms with E-state index in [0.717, 1.165) is 11.3 Å². The number of rotatable bonds is 7. The first-order valence-electron chi connectivity index (χ1n) is 11.4. The van der Waals surface area contributed by atoms with Gasteiger partial charge in [-0.15, -0.1) is 0 Å². The molecule has 2 aromatic carbocycles. The van der Waals surface area contributed by atoms with E-state index in [1.54, 1.807) is 6.07 Å². The van der Waals surface area contributed by atoms with Crippen molar-refractivity contribution in [2.45, 2.75) is 58.5 Å². The van der Waals surface area contributed by atoms with Gasteiger partial charge < -0.3 is 19.3 Å². The lowest BCUT2D eigenvalue weighted by atomic mass is 9.90. The number of hydrogen-bond acceptors (Lipinski definition) is 5. The van der Waals surface area contributed by atoms with Crippen molar-refractivity contribution >= 4 is 5.78 Å². The van der Waals surface area contributed by atoms with Gasteiger partial charge in [-0.3, -0.25) is 4.79 Å². The average molecular weight is 425 g/mol. The van der Waals surface area contributed by atoms with Crippen LogP contribution < -0.4 is 14.2 Å². The smallest absolute Gasteiger partial charge is 0.174 e. The van der Waals surface area contributed by atoms with Gasteiger partial charge in [-0.2, -0.15) is 0 Å². The Balaban J connectivity index is 1.46. The molecule has 0 saturated heterocycles. The highest BCUT2D eigenvalue weighted by Crippen LogP contribution is 2.42. The van der Waals surface area contributed by atoms with Crippen LogP contribution in [0.25, 0.3) is 0 Å². The van der Waals surface area contributed by atoms with Gasteiger partial charge in [0.25, 0.3) is 0 Å². The molecule has 1 aliphatic heterocycles. The molecule has 1 heterocycles. The topological polar surface area (TPSA) is 65.0 Å². The number of phenolic OH excluding ortho intramolecular Hbond substituents is 1. The Kier molecular flexibility index (Phi) is 6.69. The maximum Gasteiger partial charge on any atom is 0.174 e. The first kappa shape index (κ1) is 21.5. The van der Waals surface area contributed by atoms with E-state index in [9.17, 15) is 9.90 Å². The van der Waals surface area contributed by atoms with E-state index in [2.05, 4.69) is 13.8 Å². The fraction of sp³-hybridized carbons (Fsp3) is 0.500. The molecule has 0 spiro atoms. The summed E-state index contributed by atoms with van der Waals surface area (Å²) in [6.07, 6.45) is 5.98. The fourth-order valence-electron chi connectivity index (χ4n) is 4.29. The molecule has 1 aliphatic carbocycles. The molecule has 1 fully saturated rings. The van der Waals surface area contributed by atoms with E-state index in [-0.39, 0.29) is 23.5 Å². The molecule has 0 aromatic heterocycles. The summed E-state index contributed by atoms with van der Waals surface area (Å²) in [5, 5.41) is 10.4. The third-order valence-corrected chi connectivity index (χ3v) is 6.02. The molecule has 1 unspecified atom stereocenters. The van der Waals surface area contributed by atoms with Crippen molar-refractivity contribution in [1.82, 2.24) is 0 Å². The predicted octanol–water partition coefficient (Wildman–Crippen LogP) is 6.09. The highest BCUT2D eigenvalue weighted by molar-refractivity contribution is 6.02. The van der Waals surface area contributed by atoms with Crippen LogP contribution in [0, 0.1) is 11.8 Å². The summed E-state index contributed by atoms with van der Waals surface area (Å²) < 4.78 is 17.8. The van der Waals surface area contributed by atoms with Crippen molar-refractivity contribution in [3.05, 3.63) is 47.5 Å². The molecule has 31 heavy (non-hydrogen) atoms. The molecule has 2 aromatic rings. The molecule has 1 saturated carbocycles. The Morgan fingerprint density at radius 1 is 1.03 bits per heavy atom. The quantitative estimate of drug-likeness (QED) is 0.582. The minimum atomic E-state index is -0.396. The van der Waals surface area contributed by atoms with Gasteiger partial charge in [0, 0.05) is 12.1 Å². The third-order valence-electron chi connectivity index (χ3n) is 6.02. The van der Waals surface area contributed by atoms with E-state index in [1.807, 2.05) is 24.3 Å². The normalized spacial score (nSPS) is 19.1. The van der Waals surface area contributed by atoms with Gasteiger partial charge in [0.2, 0.25) is 0 Å². The van der Waals surface area contributed by atoms with Gasteiger partial charge in [0.05, 0.1) is 19.6 Å². The Hall–Kier alpha value is -2.69. The number of benzene rings is 2.